The van der Waals surface area contributed by atoms with Gasteiger partial charge in [0.05, 0.1) is 0 Å². The van der Waals surface area contributed by atoms with Gasteiger partial charge in [-0.15, -0.1) is 0 Å². The second kappa shape index (κ2) is 6.95. The third kappa shape index (κ3) is 4.65. The first-order chi connectivity index (χ1) is 10.0. The van der Waals surface area contributed by atoms with Crippen LogP contribution < -0.4 is 4.74 Å². The second-order valence-corrected chi connectivity index (χ2v) is 5.06. The number of hydrogen-bond acceptors (Lipinski definition) is 2. The second-order valence-electron chi connectivity index (χ2n) is 4.63. The molecule has 0 aliphatic heterocycles. The van der Waals surface area contributed by atoms with E-state index < -0.39 is 5.97 Å². The Labute approximate surface area is 128 Å². The van der Waals surface area contributed by atoms with Crippen LogP contribution in [0.1, 0.15) is 16.7 Å². The highest BCUT2D eigenvalue weighted by Crippen LogP contribution is 2.23. The van der Waals surface area contributed by atoms with E-state index in [-0.39, 0.29) is 0 Å². The van der Waals surface area contributed by atoms with Gasteiger partial charge in [-0.1, -0.05) is 35.4 Å². The van der Waals surface area contributed by atoms with Crippen LogP contribution in [0.5, 0.6) is 5.75 Å². The molecule has 0 aliphatic rings. The minimum atomic E-state index is -0.986. The van der Waals surface area contributed by atoms with Gasteiger partial charge in [0.1, 0.15) is 12.4 Å². The quantitative estimate of drug-likeness (QED) is 0.836. The molecule has 0 aliphatic carbocycles. The summed E-state index contributed by atoms with van der Waals surface area (Å²) in [6.07, 6.45) is 2.64. The summed E-state index contributed by atoms with van der Waals surface area (Å²) < 4.78 is 5.76. The van der Waals surface area contributed by atoms with Crippen LogP contribution in [-0.2, 0) is 11.4 Å². The van der Waals surface area contributed by atoms with Crippen molar-refractivity contribution in [1.82, 2.24) is 0 Å². The summed E-state index contributed by atoms with van der Waals surface area (Å²) in [6, 6.07) is 13.0. The number of carbonyl (C=O) groups is 1. The number of hydrogen-bond donors (Lipinski definition) is 1. The van der Waals surface area contributed by atoms with E-state index in [0.29, 0.717) is 17.4 Å². The molecular formula is C17H15ClO3. The normalized spacial score (nSPS) is 10.8. The lowest BCUT2D eigenvalue weighted by Gasteiger charge is -2.10. The third-order valence-electron chi connectivity index (χ3n) is 2.88. The molecule has 3 nitrogen and oxygen atoms in total. The van der Waals surface area contributed by atoms with Gasteiger partial charge in [-0.3, -0.25) is 0 Å². The SMILES string of the molecule is Cc1ccc(OCc2ccc(Cl)cc2)c(C=CC(=O)O)c1. The minimum absolute atomic E-state index is 0.397. The fourth-order valence-electron chi connectivity index (χ4n) is 1.83. The summed E-state index contributed by atoms with van der Waals surface area (Å²) in [4.78, 5) is 10.6. The molecule has 2 aromatic rings. The molecule has 1 N–H and O–H groups in total. The lowest BCUT2D eigenvalue weighted by molar-refractivity contribution is -0.131. The van der Waals surface area contributed by atoms with Gasteiger partial charge in [-0.2, -0.15) is 0 Å². The molecule has 0 fully saturated rings. The monoisotopic (exact) mass is 302 g/mol. The first-order valence-electron chi connectivity index (χ1n) is 6.43. The Bertz CT molecular complexity index is 660. The van der Waals surface area contributed by atoms with Gasteiger partial charge in [0.15, 0.2) is 0 Å². The van der Waals surface area contributed by atoms with Crippen LogP contribution in [0.15, 0.2) is 48.5 Å². The van der Waals surface area contributed by atoms with Crippen LogP contribution >= 0.6 is 11.6 Å². The van der Waals surface area contributed by atoms with Crippen LogP contribution in [-0.4, -0.2) is 11.1 Å². The molecule has 0 heterocycles. The van der Waals surface area contributed by atoms with E-state index in [4.69, 9.17) is 21.4 Å². The molecule has 0 amide bonds. The van der Waals surface area contributed by atoms with E-state index in [0.717, 1.165) is 22.8 Å². The first kappa shape index (κ1) is 15.1. The highest BCUT2D eigenvalue weighted by molar-refractivity contribution is 6.30. The van der Waals surface area contributed by atoms with Crippen LogP contribution in [0, 0.1) is 6.92 Å². The summed E-state index contributed by atoms with van der Waals surface area (Å²) >= 11 is 5.84. The summed E-state index contributed by atoms with van der Waals surface area (Å²) in [5, 5.41) is 9.41. The molecule has 0 aromatic heterocycles. The molecule has 0 saturated carbocycles. The Morgan fingerprint density at radius 1 is 1.24 bits per heavy atom. The number of rotatable bonds is 5. The van der Waals surface area contributed by atoms with Crippen molar-refractivity contribution in [3.8, 4) is 5.75 Å². The molecule has 2 aromatic carbocycles. The maximum Gasteiger partial charge on any atom is 0.328 e. The number of benzene rings is 2. The third-order valence-corrected chi connectivity index (χ3v) is 3.13. The smallest absolute Gasteiger partial charge is 0.328 e. The number of aliphatic carboxylic acids is 1. The van der Waals surface area contributed by atoms with E-state index in [1.54, 1.807) is 12.1 Å². The molecule has 0 saturated heterocycles. The van der Waals surface area contributed by atoms with Crippen LogP contribution in [0.2, 0.25) is 5.02 Å². The largest absolute Gasteiger partial charge is 0.488 e. The molecule has 0 spiro atoms. The van der Waals surface area contributed by atoms with Crippen LogP contribution in [0.3, 0.4) is 0 Å². The Kier molecular flexibility index (Phi) is 5.01. The topological polar surface area (TPSA) is 46.5 Å². The Morgan fingerprint density at radius 3 is 2.62 bits per heavy atom. The van der Waals surface area contributed by atoms with Crippen LogP contribution in [0.4, 0.5) is 0 Å². The van der Waals surface area contributed by atoms with E-state index in [1.807, 2.05) is 37.3 Å². The lowest BCUT2D eigenvalue weighted by Crippen LogP contribution is -1.97. The van der Waals surface area contributed by atoms with Crippen molar-refractivity contribution >= 4 is 23.6 Å². The Morgan fingerprint density at radius 2 is 1.95 bits per heavy atom. The van der Waals surface area contributed by atoms with Crippen molar-refractivity contribution in [1.29, 1.82) is 0 Å². The summed E-state index contributed by atoms with van der Waals surface area (Å²) in [5.74, 6) is -0.340. The molecule has 2 rings (SSSR count). The predicted molar refractivity (Wildman–Crippen MR) is 83.6 cm³/mol. The molecule has 0 atom stereocenters. The highest BCUT2D eigenvalue weighted by atomic mass is 35.5. The molecule has 21 heavy (non-hydrogen) atoms. The highest BCUT2D eigenvalue weighted by Gasteiger charge is 2.03. The average Bonchev–Trinajstić information content (AvgIpc) is 2.45. The average molecular weight is 303 g/mol. The number of carboxylic acids is 1. The lowest BCUT2D eigenvalue weighted by atomic mass is 10.1. The molecule has 0 radical (unpaired) electrons. The minimum Gasteiger partial charge on any atom is -0.488 e. The van der Waals surface area contributed by atoms with E-state index >= 15 is 0 Å². The number of halogens is 1. The van der Waals surface area contributed by atoms with Crippen molar-refractivity contribution < 1.29 is 14.6 Å². The molecule has 0 bridgehead atoms. The zero-order valence-electron chi connectivity index (χ0n) is 11.5. The van der Waals surface area contributed by atoms with Gasteiger partial charge in [0, 0.05) is 16.7 Å². The van der Waals surface area contributed by atoms with Crippen molar-refractivity contribution in [2.24, 2.45) is 0 Å². The summed E-state index contributed by atoms with van der Waals surface area (Å²) in [6.45, 7) is 2.34. The van der Waals surface area contributed by atoms with E-state index in [1.165, 1.54) is 6.08 Å². The van der Waals surface area contributed by atoms with Crippen molar-refractivity contribution in [3.63, 3.8) is 0 Å². The zero-order chi connectivity index (χ0) is 15.2. The van der Waals surface area contributed by atoms with Crippen molar-refractivity contribution in [2.75, 3.05) is 0 Å². The van der Waals surface area contributed by atoms with E-state index in [2.05, 4.69) is 0 Å². The van der Waals surface area contributed by atoms with Gasteiger partial charge in [-0.25, -0.2) is 4.79 Å². The van der Waals surface area contributed by atoms with Gasteiger partial charge >= 0.3 is 5.97 Å². The molecule has 108 valence electrons. The number of carboxylic acid groups (broad SMARTS) is 1. The van der Waals surface area contributed by atoms with Crippen molar-refractivity contribution in [2.45, 2.75) is 13.5 Å². The standard InChI is InChI=1S/C17H15ClO3/c1-12-2-8-16(14(10-12)5-9-17(19)20)21-11-13-3-6-15(18)7-4-13/h2-10H,11H2,1H3,(H,19,20). The molecule has 4 heteroatoms. The van der Waals surface area contributed by atoms with Gasteiger partial charge in [0.25, 0.3) is 0 Å². The fourth-order valence-corrected chi connectivity index (χ4v) is 1.96. The fraction of sp³-hybridized carbons (Fsp3) is 0.118. The zero-order valence-corrected chi connectivity index (χ0v) is 12.3. The van der Waals surface area contributed by atoms with Gasteiger partial charge in [0.2, 0.25) is 0 Å². The molecular weight excluding hydrogens is 288 g/mol. The van der Waals surface area contributed by atoms with Crippen LogP contribution in [0.25, 0.3) is 6.08 Å². The maximum absolute atomic E-state index is 10.6. The number of ether oxygens (including phenoxy) is 1. The van der Waals surface area contributed by atoms with E-state index in [9.17, 15) is 4.79 Å². The first-order valence-corrected chi connectivity index (χ1v) is 6.81. The Balaban J connectivity index is 2.15. The predicted octanol–water partition coefficient (Wildman–Crippen LogP) is 4.33. The Hall–Kier alpha value is -2.26. The van der Waals surface area contributed by atoms with Gasteiger partial charge < -0.3 is 9.84 Å². The number of aryl methyl sites for hydroxylation is 1. The summed E-state index contributed by atoms with van der Waals surface area (Å²) in [7, 11) is 0. The summed E-state index contributed by atoms with van der Waals surface area (Å²) in [5.41, 5.74) is 2.78. The van der Waals surface area contributed by atoms with Gasteiger partial charge in [-0.05, 0) is 42.8 Å². The maximum atomic E-state index is 10.6. The molecule has 0 unspecified atom stereocenters. The van der Waals surface area contributed by atoms with Crippen molar-refractivity contribution in [3.05, 3.63) is 70.3 Å².